The lowest BCUT2D eigenvalue weighted by molar-refractivity contribution is -0.0186. The number of likely N-dealkylation sites (tertiary alicyclic amines) is 1. The minimum absolute atomic E-state index is 0.0231. The van der Waals surface area contributed by atoms with E-state index in [-0.39, 0.29) is 5.60 Å². The zero-order valence-electron chi connectivity index (χ0n) is 11.5. The Morgan fingerprint density at radius 3 is 2.62 bits per heavy atom. The van der Waals surface area contributed by atoms with Crippen molar-refractivity contribution in [2.75, 3.05) is 33.3 Å². The first-order valence-electron chi connectivity index (χ1n) is 6.49. The smallest absolute Gasteiger partial charge is 0.0749 e. The van der Waals surface area contributed by atoms with Gasteiger partial charge >= 0.3 is 0 Å². The molecule has 0 radical (unpaired) electrons. The number of hydrogen-bond acceptors (Lipinski definition) is 3. The van der Waals surface area contributed by atoms with Crippen molar-refractivity contribution in [1.29, 1.82) is 0 Å². The van der Waals surface area contributed by atoms with Crippen molar-refractivity contribution in [3.8, 4) is 0 Å². The van der Waals surface area contributed by atoms with Gasteiger partial charge in [0.25, 0.3) is 0 Å². The largest absolute Gasteiger partial charge is 0.377 e. The van der Waals surface area contributed by atoms with Gasteiger partial charge in [0, 0.05) is 26.2 Å². The third-order valence-corrected chi connectivity index (χ3v) is 3.61. The average Bonchev–Trinajstić information content (AvgIpc) is 2.22. The number of piperidine rings is 1. The Kier molecular flexibility index (Phi) is 5.22. The number of ether oxygens (including phenoxy) is 1. The summed E-state index contributed by atoms with van der Waals surface area (Å²) in [4.78, 5) is 2.53. The van der Waals surface area contributed by atoms with Crippen molar-refractivity contribution in [2.24, 2.45) is 5.92 Å². The Morgan fingerprint density at radius 2 is 2.12 bits per heavy atom. The van der Waals surface area contributed by atoms with E-state index >= 15 is 0 Å². The molecule has 96 valence electrons. The van der Waals surface area contributed by atoms with Crippen LogP contribution in [0.25, 0.3) is 0 Å². The van der Waals surface area contributed by atoms with Crippen molar-refractivity contribution >= 4 is 0 Å². The molecule has 3 nitrogen and oxygen atoms in total. The summed E-state index contributed by atoms with van der Waals surface area (Å²) in [5.41, 5.74) is -0.0231. The highest BCUT2D eigenvalue weighted by Crippen LogP contribution is 2.19. The molecule has 1 aliphatic rings. The summed E-state index contributed by atoms with van der Waals surface area (Å²) in [5, 5.41) is 3.57. The molecule has 0 spiro atoms. The van der Waals surface area contributed by atoms with E-state index in [1.165, 1.54) is 19.5 Å². The molecular weight excluding hydrogens is 200 g/mol. The molecule has 0 saturated carbocycles. The van der Waals surface area contributed by atoms with Gasteiger partial charge in [-0.2, -0.15) is 0 Å². The summed E-state index contributed by atoms with van der Waals surface area (Å²) < 4.78 is 5.49. The zero-order valence-corrected chi connectivity index (χ0v) is 11.5. The van der Waals surface area contributed by atoms with E-state index in [0.717, 1.165) is 19.0 Å². The van der Waals surface area contributed by atoms with Crippen molar-refractivity contribution in [1.82, 2.24) is 10.2 Å². The minimum atomic E-state index is -0.0231. The molecule has 3 heteroatoms. The van der Waals surface area contributed by atoms with Crippen molar-refractivity contribution in [2.45, 2.75) is 45.8 Å². The van der Waals surface area contributed by atoms with E-state index in [9.17, 15) is 0 Å². The molecule has 0 aromatic rings. The summed E-state index contributed by atoms with van der Waals surface area (Å²) in [5.74, 6) is 0.737. The van der Waals surface area contributed by atoms with Crippen LogP contribution in [0.3, 0.4) is 0 Å². The molecule has 0 aliphatic carbocycles. The van der Waals surface area contributed by atoms with E-state index in [1.54, 1.807) is 7.11 Å². The lowest BCUT2D eigenvalue weighted by atomic mass is 9.93. The second-order valence-electron chi connectivity index (χ2n) is 5.63. The third-order valence-electron chi connectivity index (χ3n) is 3.61. The average molecular weight is 228 g/mol. The summed E-state index contributed by atoms with van der Waals surface area (Å²) in [6.07, 6.45) is 1.26. The predicted molar refractivity (Wildman–Crippen MR) is 68.8 cm³/mol. The van der Waals surface area contributed by atoms with Crippen LogP contribution in [0.5, 0.6) is 0 Å². The van der Waals surface area contributed by atoms with Gasteiger partial charge < -0.3 is 15.0 Å². The molecule has 1 fully saturated rings. The Hall–Kier alpha value is -0.120. The monoisotopic (exact) mass is 228 g/mol. The van der Waals surface area contributed by atoms with Crippen molar-refractivity contribution in [3.63, 3.8) is 0 Å². The molecular formula is C13H28N2O. The SMILES string of the molecule is CCNC1CCN(CC(C)(C)OC)CC1C. The zero-order chi connectivity index (χ0) is 12.2. The van der Waals surface area contributed by atoms with Crippen LogP contribution in [0.15, 0.2) is 0 Å². The molecule has 1 aliphatic heterocycles. The second-order valence-corrected chi connectivity index (χ2v) is 5.63. The minimum Gasteiger partial charge on any atom is -0.377 e. The molecule has 1 rings (SSSR count). The van der Waals surface area contributed by atoms with E-state index in [0.29, 0.717) is 6.04 Å². The summed E-state index contributed by atoms with van der Waals surface area (Å²) in [6, 6.07) is 0.701. The summed E-state index contributed by atoms with van der Waals surface area (Å²) in [6.45, 7) is 13.3. The first-order valence-corrected chi connectivity index (χ1v) is 6.49. The topological polar surface area (TPSA) is 24.5 Å². The van der Waals surface area contributed by atoms with Gasteiger partial charge in [0.05, 0.1) is 5.60 Å². The Labute approximate surface area is 101 Å². The lowest BCUT2D eigenvalue weighted by Gasteiger charge is -2.40. The van der Waals surface area contributed by atoms with Gasteiger partial charge in [-0.3, -0.25) is 0 Å². The maximum atomic E-state index is 5.49. The highest BCUT2D eigenvalue weighted by molar-refractivity contribution is 4.85. The van der Waals surface area contributed by atoms with Gasteiger partial charge in [0.1, 0.15) is 0 Å². The van der Waals surface area contributed by atoms with Crippen LogP contribution in [-0.4, -0.2) is 49.8 Å². The van der Waals surface area contributed by atoms with E-state index < -0.39 is 0 Å². The Bertz CT molecular complexity index is 206. The van der Waals surface area contributed by atoms with Gasteiger partial charge in [-0.25, -0.2) is 0 Å². The van der Waals surface area contributed by atoms with Crippen LogP contribution < -0.4 is 5.32 Å². The lowest BCUT2D eigenvalue weighted by Crippen LogP contribution is -2.51. The summed E-state index contributed by atoms with van der Waals surface area (Å²) in [7, 11) is 1.80. The van der Waals surface area contributed by atoms with Gasteiger partial charge in [-0.1, -0.05) is 13.8 Å². The van der Waals surface area contributed by atoms with Crippen molar-refractivity contribution in [3.05, 3.63) is 0 Å². The normalized spacial score (nSPS) is 28.3. The molecule has 0 amide bonds. The standard InChI is InChI=1S/C13H28N2O/c1-6-14-12-7-8-15(9-11(12)2)10-13(3,4)16-5/h11-12,14H,6-10H2,1-5H3. The molecule has 1 saturated heterocycles. The number of nitrogens with one attached hydrogen (secondary N) is 1. The molecule has 1 heterocycles. The highest BCUT2D eigenvalue weighted by atomic mass is 16.5. The molecule has 0 aromatic heterocycles. The maximum absolute atomic E-state index is 5.49. The Balaban J connectivity index is 2.39. The molecule has 2 unspecified atom stereocenters. The van der Waals surface area contributed by atoms with Gasteiger partial charge in [0.2, 0.25) is 0 Å². The fourth-order valence-corrected chi connectivity index (χ4v) is 2.54. The van der Waals surface area contributed by atoms with E-state index in [1.807, 2.05) is 0 Å². The highest BCUT2D eigenvalue weighted by Gasteiger charge is 2.28. The fraction of sp³-hybridized carbons (Fsp3) is 1.00. The molecule has 2 atom stereocenters. The number of nitrogens with zero attached hydrogens (tertiary/aromatic N) is 1. The van der Waals surface area contributed by atoms with Crippen LogP contribution in [0.2, 0.25) is 0 Å². The molecule has 0 aromatic carbocycles. The van der Waals surface area contributed by atoms with Crippen LogP contribution in [0.1, 0.15) is 34.1 Å². The third kappa shape index (κ3) is 4.04. The number of rotatable bonds is 5. The van der Waals surface area contributed by atoms with Crippen molar-refractivity contribution < 1.29 is 4.74 Å². The molecule has 1 N–H and O–H groups in total. The van der Waals surface area contributed by atoms with Gasteiger partial charge in [-0.05, 0) is 39.3 Å². The van der Waals surface area contributed by atoms with Crippen LogP contribution in [-0.2, 0) is 4.74 Å². The maximum Gasteiger partial charge on any atom is 0.0749 e. The van der Waals surface area contributed by atoms with Gasteiger partial charge in [0.15, 0.2) is 0 Å². The first-order chi connectivity index (χ1) is 7.48. The Morgan fingerprint density at radius 1 is 1.44 bits per heavy atom. The fourth-order valence-electron chi connectivity index (χ4n) is 2.54. The van der Waals surface area contributed by atoms with Crippen LogP contribution in [0, 0.1) is 5.92 Å². The second kappa shape index (κ2) is 5.99. The number of methoxy groups -OCH3 is 1. The van der Waals surface area contributed by atoms with E-state index in [4.69, 9.17) is 4.74 Å². The van der Waals surface area contributed by atoms with Gasteiger partial charge in [-0.15, -0.1) is 0 Å². The quantitative estimate of drug-likeness (QED) is 0.775. The van der Waals surface area contributed by atoms with Crippen LogP contribution in [0.4, 0.5) is 0 Å². The summed E-state index contributed by atoms with van der Waals surface area (Å²) >= 11 is 0. The number of hydrogen-bond donors (Lipinski definition) is 1. The van der Waals surface area contributed by atoms with E-state index in [2.05, 4.69) is 37.9 Å². The predicted octanol–water partition coefficient (Wildman–Crippen LogP) is 1.73. The molecule has 16 heavy (non-hydrogen) atoms. The first kappa shape index (κ1) is 13.9. The van der Waals surface area contributed by atoms with Crippen LogP contribution >= 0.6 is 0 Å². The molecule has 0 bridgehead atoms.